The van der Waals surface area contributed by atoms with Crippen molar-refractivity contribution in [3.05, 3.63) is 6.42 Å². The van der Waals surface area contributed by atoms with Crippen LogP contribution < -0.4 is 0 Å². The van der Waals surface area contributed by atoms with E-state index in [9.17, 15) is 0 Å². The fourth-order valence-electron chi connectivity index (χ4n) is 1.52. The summed E-state index contributed by atoms with van der Waals surface area (Å²) in [6.07, 6.45) is 11.7. The van der Waals surface area contributed by atoms with Crippen LogP contribution in [0.15, 0.2) is 0 Å². The molecule has 1 atom stereocenters. The predicted octanol–water partition coefficient (Wildman–Crippen LogP) is 3.06. The second-order valence-corrected chi connectivity index (χ2v) is 2.94. The molecule has 0 saturated heterocycles. The molecule has 0 aromatic carbocycles. The summed E-state index contributed by atoms with van der Waals surface area (Å²) in [4.78, 5) is 0. The summed E-state index contributed by atoms with van der Waals surface area (Å²) in [7, 11) is 0. The molecule has 0 bridgehead atoms. The Balaban J connectivity index is 2.08. The molecular formula is C9H16. The van der Waals surface area contributed by atoms with Gasteiger partial charge in [-0.25, -0.2) is 0 Å². The number of hydrogen-bond donors (Lipinski definition) is 0. The van der Waals surface area contributed by atoms with Gasteiger partial charge < -0.3 is 0 Å². The van der Waals surface area contributed by atoms with E-state index in [2.05, 4.69) is 13.3 Å². The molecule has 1 fully saturated rings. The van der Waals surface area contributed by atoms with E-state index >= 15 is 0 Å². The number of rotatable bonds is 2. The molecule has 0 aromatic heterocycles. The Bertz CT molecular complexity index is 57.7. The minimum Gasteiger partial charge on any atom is -0.0654 e. The van der Waals surface area contributed by atoms with Crippen LogP contribution in [0.4, 0.5) is 0 Å². The van der Waals surface area contributed by atoms with Crippen molar-refractivity contribution in [3.8, 4) is 0 Å². The zero-order valence-corrected chi connectivity index (χ0v) is 6.32. The van der Waals surface area contributed by atoms with Gasteiger partial charge in [-0.1, -0.05) is 32.6 Å². The third-order valence-electron chi connectivity index (χ3n) is 2.05. The van der Waals surface area contributed by atoms with Crippen molar-refractivity contribution in [3.63, 3.8) is 0 Å². The van der Waals surface area contributed by atoms with Crippen LogP contribution in [0.2, 0.25) is 0 Å². The molecule has 0 spiro atoms. The molecule has 0 aliphatic heterocycles. The summed E-state index contributed by atoms with van der Waals surface area (Å²) < 4.78 is 0. The highest BCUT2D eigenvalue weighted by molar-refractivity contribution is 4.80. The van der Waals surface area contributed by atoms with Gasteiger partial charge in [-0.15, -0.1) is 0 Å². The van der Waals surface area contributed by atoms with Gasteiger partial charge in [-0.05, 0) is 25.2 Å². The summed E-state index contributed by atoms with van der Waals surface area (Å²) in [6, 6.07) is 0. The molecule has 2 radical (unpaired) electrons. The summed E-state index contributed by atoms with van der Waals surface area (Å²) in [5.74, 6) is 0.851. The molecule has 0 nitrogen and oxygen atoms in total. The third-order valence-corrected chi connectivity index (χ3v) is 2.05. The lowest BCUT2D eigenvalue weighted by atomic mass is 9.86. The summed E-state index contributed by atoms with van der Waals surface area (Å²) in [5, 5.41) is 0. The van der Waals surface area contributed by atoms with Gasteiger partial charge >= 0.3 is 0 Å². The molecule has 0 N–H and O–H groups in total. The third kappa shape index (κ3) is 2.38. The Morgan fingerprint density at radius 3 is 2.89 bits per heavy atom. The maximum absolute atomic E-state index is 3.52. The SMILES string of the molecule is CCCC1[C]CCCC1. The molecule has 1 aliphatic rings. The zero-order chi connectivity index (χ0) is 6.53. The van der Waals surface area contributed by atoms with E-state index in [0.717, 1.165) is 5.92 Å². The van der Waals surface area contributed by atoms with E-state index in [1.807, 2.05) is 0 Å². The molecule has 1 unspecified atom stereocenters. The smallest absolute Gasteiger partial charge is 0.0140 e. The van der Waals surface area contributed by atoms with Gasteiger partial charge in [0.2, 0.25) is 0 Å². The average molecular weight is 124 g/mol. The Labute approximate surface area is 58.7 Å². The van der Waals surface area contributed by atoms with Gasteiger partial charge in [-0.3, -0.25) is 0 Å². The summed E-state index contributed by atoms with van der Waals surface area (Å²) in [6.45, 7) is 2.26. The lowest BCUT2D eigenvalue weighted by Crippen LogP contribution is -2.05. The fraction of sp³-hybridized carbons (Fsp3) is 0.889. The van der Waals surface area contributed by atoms with Crippen LogP contribution in [0, 0.1) is 12.3 Å². The van der Waals surface area contributed by atoms with Crippen LogP contribution >= 0.6 is 0 Å². The van der Waals surface area contributed by atoms with Crippen LogP contribution in [0.5, 0.6) is 0 Å². The molecule has 0 heterocycles. The molecule has 0 amide bonds. The molecule has 9 heavy (non-hydrogen) atoms. The molecule has 1 aliphatic carbocycles. The molecule has 0 heteroatoms. The first-order chi connectivity index (χ1) is 4.43. The van der Waals surface area contributed by atoms with Crippen LogP contribution in [-0.2, 0) is 0 Å². The monoisotopic (exact) mass is 124 g/mol. The Kier molecular flexibility index (Phi) is 3.10. The fourth-order valence-corrected chi connectivity index (χ4v) is 1.52. The van der Waals surface area contributed by atoms with Gasteiger partial charge in [-0.2, -0.15) is 0 Å². The molecule has 1 saturated carbocycles. The molecule has 0 aromatic rings. The maximum Gasteiger partial charge on any atom is -0.0140 e. The van der Waals surface area contributed by atoms with Crippen LogP contribution in [0.25, 0.3) is 0 Å². The van der Waals surface area contributed by atoms with E-state index < -0.39 is 0 Å². The first-order valence-corrected chi connectivity index (χ1v) is 4.17. The van der Waals surface area contributed by atoms with Crippen molar-refractivity contribution < 1.29 is 0 Å². The largest absolute Gasteiger partial charge is 0.0654 e. The average Bonchev–Trinajstić information content (AvgIpc) is 1.91. The highest BCUT2D eigenvalue weighted by atomic mass is 14.2. The first-order valence-electron chi connectivity index (χ1n) is 4.17. The second kappa shape index (κ2) is 3.92. The minimum atomic E-state index is 0.851. The quantitative estimate of drug-likeness (QED) is 0.530. The highest BCUT2D eigenvalue weighted by Crippen LogP contribution is 2.25. The summed E-state index contributed by atoms with van der Waals surface area (Å²) >= 11 is 0. The minimum absolute atomic E-state index is 0.851. The van der Waals surface area contributed by atoms with Crippen molar-refractivity contribution in [2.24, 2.45) is 5.92 Å². The van der Waals surface area contributed by atoms with Crippen molar-refractivity contribution >= 4 is 0 Å². The van der Waals surface area contributed by atoms with Gasteiger partial charge in [0, 0.05) is 0 Å². The van der Waals surface area contributed by atoms with Gasteiger partial charge in [0.05, 0.1) is 0 Å². The lowest BCUT2D eigenvalue weighted by Gasteiger charge is -2.19. The lowest BCUT2D eigenvalue weighted by molar-refractivity contribution is 0.418. The van der Waals surface area contributed by atoms with Crippen LogP contribution in [-0.4, -0.2) is 0 Å². The molecular weight excluding hydrogens is 108 g/mol. The van der Waals surface area contributed by atoms with Crippen molar-refractivity contribution in [1.82, 2.24) is 0 Å². The van der Waals surface area contributed by atoms with Crippen LogP contribution in [0.1, 0.15) is 45.4 Å². The van der Waals surface area contributed by atoms with Gasteiger partial charge in [0.1, 0.15) is 0 Å². The van der Waals surface area contributed by atoms with E-state index in [-0.39, 0.29) is 0 Å². The van der Waals surface area contributed by atoms with Crippen molar-refractivity contribution in [2.75, 3.05) is 0 Å². The Hall–Kier alpha value is 0. The second-order valence-electron chi connectivity index (χ2n) is 2.94. The normalized spacial score (nSPS) is 22.3. The Morgan fingerprint density at radius 2 is 2.33 bits per heavy atom. The highest BCUT2D eigenvalue weighted by Gasteiger charge is 2.11. The van der Waals surface area contributed by atoms with Gasteiger partial charge in [0.15, 0.2) is 0 Å². The van der Waals surface area contributed by atoms with Crippen molar-refractivity contribution in [1.29, 1.82) is 0 Å². The standard InChI is InChI=1S/C9H16/c1-2-6-9-7-4-3-5-8-9/h9H,2-7H2,1H3. The van der Waals surface area contributed by atoms with E-state index in [1.54, 1.807) is 0 Å². The van der Waals surface area contributed by atoms with E-state index in [4.69, 9.17) is 0 Å². The molecule has 1 rings (SSSR count). The Morgan fingerprint density at radius 1 is 1.44 bits per heavy atom. The molecule has 52 valence electrons. The van der Waals surface area contributed by atoms with E-state index in [0.29, 0.717) is 0 Å². The first kappa shape index (κ1) is 7.11. The number of hydrogen-bond acceptors (Lipinski definition) is 0. The van der Waals surface area contributed by atoms with Crippen molar-refractivity contribution in [2.45, 2.75) is 45.4 Å². The maximum atomic E-state index is 3.52. The summed E-state index contributed by atoms with van der Waals surface area (Å²) in [5.41, 5.74) is 0. The van der Waals surface area contributed by atoms with Crippen LogP contribution in [0.3, 0.4) is 0 Å². The predicted molar refractivity (Wildman–Crippen MR) is 40.1 cm³/mol. The zero-order valence-electron chi connectivity index (χ0n) is 6.32. The van der Waals surface area contributed by atoms with E-state index in [1.165, 1.54) is 38.5 Å². The van der Waals surface area contributed by atoms with Gasteiger partial charge in [0.25, 0.3) is 0 Å². The topological polar surface area (TPSA) is 0 Å².